The van der Waals surface area contributed by atoms with E-state index in [1.54, 1.807) is 0 Å². The summed E-state index contributed by atoms with van der Waals surface area (Å²) >= 11 is 0. The minimum atomic E-state index is 0.613. The van der Waals surface area contributed by atoms with Gasteiger partial charge in [0, 0.05) is 24.5 Å². The average Bonchev–Trinajstić information content (AvgIpc) is 2.85. The van der Waals surface area contributed by atoms with Crippen molar-refractivity contribution in [3.05, 3.63) is 12.4 Å². The molecule has 1 heterocycles. The van der Waals surface area contributed by atoms with E-state index >= 15 is 0 Å². The van der Waals surface area contributed by atoms with Crippen LogP contribution in [0, 0.1) is 5.92 Å². The highest BCUT2D eigenvalue weighted by Crippen LogP contribution is 2.31. The fourth-order valence-corrected chi connectivity index (χ4v) is 3.95. The number of hydrogen-bond acceptors (Lipinski definition) is 2. The van der Waals surface area contributed by atoms with Crippen molar-refractivity contribution < 1.29 is 0 Å². The van der Waals surface area contributed by atoms with Crippen LogP contribution in [0.1, 0.15) is 77.2 Å². The Balaban J connectivity index is 1.69. The summed E-state index contributed by atoms with van der Waals surface area (Å²) in [7, 11) is 0. The van der Waals surface area contributed by atoms with Gasteiger partial charge in [-0.05, 0) is 31.6 Å². The van der Waals surface area contributed by atoms with Crippen LogP contribution in [0.25, 0.3) is 0 Å². The predicted octanol–water partition coefficient (Wildman–Crippen LogP) is 4.77. The van der Waals surface area contributed by atoms with Crippen molar-refractivity contribution in [1.29, 1.82) is 0 Å². The van der Waals surface area contributed by atoms with Gasteiger partial charge in [0.2, 0.25) is 5.95 Å². The molecule has 1 aromatic heterocycles. The van der Waals surface area contributed by atoms with Gasteiger partial charge in [-0.3, -0.25) is 0 Å². The zero-order valence-electron chi connectivity index (χ0n) is 12.9. The molecule has 2 fully saturated rings. The van der Waals surface area contributed by atoms with Crippen molar-refractivity contribution in [1.82, 2.24) is 9.55 Å². The molecule has 2 aliphatic rings. The van der Waals surface area contributed by atoms with Gasteiger partial charge < -0.3 is 9.88 Å². The summed E-state index contributed by atoms with van der Waals surface area (Å²) in [5.41, 5.74) is 0. The molecular formula is C17H29N3. The molecule has 2 aliphatic carbocycles. The molecule has 0 bridgehead atoms. The molecule has 20 heavy (non-hydrogen) atoms. The number of imidazole rings is 1. The molecule has 2 saturated carbocycles. The zero-order chi connectivity index (χ0) is 13.8. The summed E-state index contributed by atoms with van der Waals surface area (Å²) in [5.74, 6) is 1.89. The number of nitrogens with one attached hydrogen (secondary N) is 1. The summed E-state index contributed by atoms with van der Waals surface area (Å²) in [6.07, 6.45) is 17.8. The van der Waals surface area contributed by atoms with E-state index in [1.807, 2.05) is 6.20 Å². The minimum Gasteiger partial charge on any atom is -0.353 e. The molecule has 112 valence electrons. The normalized spacial score (nSPS) is 29.1. The standard InChI is InChI=1S/C17H29N3/c1-14-8-4-2-7-11-16(14)19-17-18-12-13-20(17)15-9-5-3-6-10-15/h12-16H,2-11H2,1H3,(H,18,19). The van der Waals surface area contributed by atoms with Crippen LogP contribution in [0.15, 0.2) is 12.4 Å². The smallest absolute Gasteiger partial charge is 0.203 e. The number of anilines is 1. The SMILES string of the molecule is CC1CCCCCC1Nc1nccn1C1CCCCC1. The summed E-state index contributed by atoms with van der Waals surface area (Å²) in [6, 6.07) is 1.29. The first-order valence-corrected chi connectivity index (χ1v) is 8.64. The maximum absolute atomic E-state index is 4.60. The number of nitrogens with zero attached hydrogens (tertiary/aromatic N) is 2. The second-order valence-electron chi connectivity index (χ2n) is 6.82. The Morgan fingerprint density at radius 3 is 2.50 bits per heavy atom. The molecule has 0 aromatic carbocycles. The largest absolute Gasteiger partial charge is 0.353 e. The molecule has 0 amide bonds. The van der Waals surface area contributed by atoms with Crippen molar-refractivity contribution >= 4 is 5.95 Å². The fourth-order valence-electron chi connectivity index (χ4n) is 3.95. The summed E-state index contributed by atoms with van der Waals surface area (Å²) in [5, 5.41) is 3.77. The van der Waals surface area contributed by atoms with E-state index < -0.39 is 0 Å². The second-order valence-corrected chi connectivity index (χ2v) is 6.82. The summed E-state index contributed by atoms with van der Waals surface area (Å²) in [6.45, 7) is 2.40. The molecule has 1 aromatic rings. The van der Waals surface area contributed by atoms with Gasteiger partial charge in [0.15, 0.2) is 0 Å². The van der Waals surface area contributed by atoms with Crippen molar-refractivity contribution in [3.8, 4) is 0 Å². The molecule has 3 rings (SSSR count). The highest BCUT2D eigenvalue weighted by molar-refractivity contribution is 5.29. The van der Waals surface area contributed by atoms with Crippen molar-refractivity contribution in [2.45, 2.75) is 83.2 Å². The lowest BCUT2D eigenvalue weighted by atomic mass is 9.95. The maximum Gasteiger partial charge on any atom is 0.203 e. The van der Waals surface area contributed by atoms with Crippen LogP contribution in [0.2, 0.25) is 0 Å². The Morgan fingerprint density at radius 1 is 1.00 bits per heavy atom. The van der Waals surface area contributed by atoms with Gasteiger partial charge in [-0.1, -0.05) is 45.4 Å². The van der Waals surface area contributed by atoms with Crippen molar-refractivity contribution in [2.24, 2.45) is 5.92 Å². The Kier molecular flexibility index (Phi) is 4.64. The molecule has 0 aliphatic heterocycles. The van der Waals surface area contributed by atoms with Crippen LogP contribution in [0.5, 0.6) is 0 Å². The molecule has 2 atom stereocenters. The Labute approximate surface area is 123 Å². The van der Waals surface area contributed by atoms with E-state index in [-0.39, 0.29) is 0 Å². The van der Waals surface area contributed by atoms with Gasteiger partial charge in [-0.2, -0.15) is 0 Å². The van der Waals surface area contributed by atoms with E-state index in [1.165, 1.54) is 64.2 Å². The van der Waals surface area contributed by atoms with Gasteiger partial charge in [-0.15, -0.1) is 0 Å². The molecule has 0 saturated heterocycles. The third-order valence-electron chi connectivity index (χ3n) is 5.31. The second kappa shape index (κ2) is 6.64. The molecule has 3 heteroatoms. The van der Waals surface area contributed by atoms with E-state index in [0.717, 1.165) is 11.9 Å². The van der Waals surface area contributed by atoms with Crippen LogP contribution in [-0.2, 0) is 0 Å². The average molecular weight is 275 g/mol. The molecule has 1 N–H and O–H groups in total. The monoisotopic (exact) mass is 275 g/mol. The van der Waals surface area contributed by atoms with Gasteiger partial charge in [-0.25, -0.2) is 4.98 Å². The van der Waals surface area contributed by atoms with Crippen LogP contribution < -0.4 is 5.32 Å². The third-order valence-corrected chi connectivity index (χ3v) is 5.31. The first-order valence-electron chi connectivity index (χ1n) is 8.64. The summed E-state index contributed by atoms with van der Waals surface area (Å²) < 4.78 is 2.41. The van der Waals surface area contributed by atoms with Crippen LogP contribution in [0.3, 0.4) is 0 Å². The fraction of sp³-hybridized carbons (Fsp3) is 0.824. The van der Waals surface area contributed by atoms with Crippen molar-refractivity contribution in [2.75, 3.05) is 5.32 Å². The lowest BCUT2D eigenvalue weighted by Crippen LogP contribution is -2.28. The minimum absolute atomic E-state index is 0.613. The topological polar surface area (TPSA) is 29.9 Å². The highest BCUT2D eigenvalue weighted by Gasteiger charge is 2.23. The van der Waals surface area contributed by atoms with E-state index in [0.29, 0.717) is 12.1 Å². The van der Waals surface area contributed by atoms with E-state index in [4.69, 9.17) is 0 Å². The lowest BCUT2D eigenvalue weighted by molar-refractivity contribution is 0.353. The molecule has 2 unspecified atom stereocenters. The Bertz CT molecular complexity index is 406. The first-order chi connectivity index (χ1) is 9.84. The number of hydrogen-bond donors (Lipinski definition) is 1. The molecule has 0 radical (unpaired) electrons. The van der Waals surface area contributed by atoms with Crippen LogP contribution in [0.4, 0.5) is 5.95 Å². The van der Waals surface area contributed by atoms with Crippen LogP contribution in [-0.4, -0.2) is 15.6 Å². The quantitative estimate of drug-likeness (QED) is 0.805. The van der Waals surface area contributed by atoms with Crippen molar-refractivity contribution in [3.63, 3.8) is 0 Å². The van der Waals surface area contributed by atoms with Gasteiger partial charge in [0.1, 0.15) is 0 Å². The third kappa shape index (κ3) is 3.18. The lowest BCUT2D eigenvalue weighted by Gasteiger charge is -2.28. The molecular weight excluding hydrogens is 246 g/mol. The highest BCUT2D eigenvalue weighted by atomic mass is 15.2. The van der Waals surface area contributed by atoms with Gasteiger partial charge in [0.25, 0.3) is 0 Å². The molecule has 3 nitrogen and oxygen atoms in total. The van der Waals surface area contributed by atoms with Crippen LogP contribution >= 0.6 is 0 Å². The first kappa shape index (κ1) is 14.0. The Hall–Kier alpha value is -0.990. The maximum atomic E-state index is 4.60. The number of rotatable bonds is 3. The predicted molar refractivity (Wildman–Crippen MR) is 84.0 cm³/mol. The molecule has 0 spiro atoms. The number of aromatic nitrogens is 2. The summed E-state index contributed by atoms with van der Waals surface area (Å²) in [4.78, 5) is 4.60. The van der Waals surface area contributed by atoms with Gasteiger partial charge >= 0.3 is 0 Å². The Morgan fingerprint density at radius 2 is 1.70 bits per heavy atom. The van der Waals surface area contributed by atoms with Gasteiger partial charge in [0.05, 0.1) is 0 Å². The van der Waals surface area contributed by atoms with E-state index in [2.05, 4.69) is 28.0 Å². The van der Waals surface area contributed by atoms with E-state index in [9.17, 15) is 0 Å². The zero-order valence-corrected chi connectivity index (χ0v) is 12.9.